The SMILES string of the molecule is Cc1cc(S(=O)(=O)N(C)c2cccc(C)c2C)ccc1Br. The summed E-state index contributed by atoms with van der Waals surface area (Å²) < 4.78 is 27.8. The molecular weight excluding hydrogens is 350 g/mol. The zero-order chi connectivity index (χ0) is 15.8. The van der Waals surface area contributed by atoms with Gasteiger partial charge in [-0.1, -0.05) is 28.1 Å². The molecule has 112 valence electrons. The first-order chi connectivity index (χ1) is 9.75. The van der Waals surface area contributed by atoms with E-state index in [0.29, 0.717) is 10.6 Å². The van der Waals surface area contributed by atoms with E-state index in [9.17, 15) is 8.42 Å². The molecular formula is C16H18BrNO2S. The zero-order valence-corrected chi connectivity index (χ0v) is 14.9. The summed E-state index contributed by atoms with van der Waals surface area (Å²) in [6.07, 6.45) is 0. The highest BCUT2D eigenvalue weighted by Crippen LogP contribution is 2.28. The molecule has 0 aromatic heterocycles. The normalized spacial score (nSPS) is 11.5. The maximum absolute atomic E-state index is 12.8. The molecule has 5 heteroatoms. The van der Waals surface area contributed by atoms with Crippen molar-refractivity contribution in [3.8, 4) is 0 Å². The fourth-order valence-corrected chi connectivity index (χ4v) is 3.73. The minimum absolute atomic E-state index is 0.298. The monoisotopic (exact) mass is 367 g/mol. The number of rotatable bonds is 3. The van der Waals surface area contributed by atoms with Gasteiger partial charge in [0.05, 0.1) is 10.6 Å². The molecule has 0 aliphatic rings. The van der Waals surface area contributed by atoms with Crippen LogP contribution in [0.4, 0.5) is 5.69 Å². The van der Waals surface area contributed by atoms with Gasteiger partial charge in [0.15, 0.2) is 0 Å². The van der Waals surface area contributed by atoms with Gasteiger partial charge in [0.25, 0.3) is 10.0 Å². The number of nitrogens with zero attached hydrogens (tertiary/aromatic N) is 1. The van der Waals surface area contributed by atoms with Crippen LogP contribution in [0.2, 0.25) is 0 Å². The molecule has 2 rings (SSSR count). The van der Waals surface area contributed by atoms with Crippen molar-refractivity contribution in [3.05, 3.63) is 57.6 Å². The molecule has 0 aliphatic carbocycles. The van der Waals surface area contributed by atoms with E-state index < -0.39 is 10.0 Å². The molecule has 0 saturated heterocycles. The molecule has 2 aromatic carbocycles. The van der Waals surface area contributed by atoms with Crippen molar-refractivity contribution in [1.29, 1.82) is 0 Å². The van der Waals surface area contributed by atoms with Crippen LogP contribution in [0, 0.1) is 20.8 Å². The van der Waals surface area contributed by atoms with Crippen LogP contribution in [0.1, 0.15) is 16.7 Å². The average molecular weight is 368 g/mol. The van der Waals surface area contributed by atoms with E-state index in [0.717, 1.165) is 21.2 Å². The van der Waals surface area contributed by atoms with Crippen molar-refractivity contribution >= 4 is 31.6 Å². The van der Waals surface area contributed by atoms with Gasteiger partial charge in [-0.15, -0.1) is 0 Å². The molecule has 0 N–H and O–H groups in total. The standard InChI is InChI=1S/C16H18BrNO2S/c1-11-6-5-7-16(13(11)3)18(4)21(19,20)14-8-9-15(17)12(2)10-14/h5-10H,1-4H3. The molecule has 0 fully saturated rings. The molecule has 0 heterocycles. The molecule has 0 bridgehead atoms. The lowest BCUT2D eigenvalue weighted by atomic mass is 10.1. The second kappa shape index (κ2) is 5.81. The van der Waals surface area contributed by atoms with Gasteiger partial charge in [0.1, 0.15) is 0 Å². The molecule has 21 heavy (non-hydrogen) atoms. The maximum atomic E-state index is 12.8. The predicted octanol–water partition coefficient (Wildman–Crippen LogP) is 4.20. The van der Waals surface area contributed by atoms with E-state index in [4.69, 9.17) is 0 Å². The van der Waals surface area contributed by atoms with Crippen LogP contribution in [0.15, 0.2) is 45.8 Å². The first-order valence-electron chi connectivity index (χ1n) is 6.56. The Balaban J connectivity index is 2.52. The molecule has 2 aromatic rings. The average Bonchev–Trinajstić information content (AvgIpc) is 2.44. The largest absolute Gasteiger partial charge is 0.269 e. The zero-order valence-electron chi connectivity index (χ0n) is 12.5. The van der Waals surface area contributed by atoms with E-state index in [1.165, 1.54) is 4.31 Å². The van der Waals surface area contributed by atoms with Gasteiger partial charge in [-0.25, -0.2) is 8.42 Å². The van der Waals surface area contributed by atoms with Gasteiger partial charge in [-0.3, -0.25) is 4.31 Å². The highest BCUT2D eigenvalue weighted by Gasteiger charge is 2.23. The lowest BCUT2D eigenvalue weighted by Crippen LogP contribution is -2.27. The molecule has 0 aliphatic heterocycles. The fraction of sp³-hybridized carbons (Fsp3) is 0.250. The van der Waals surface area contributed by atoms with Crippen molar-refractivity contribution in [2.45, 2.75) is 25.7 Å². The second-order valence-electron chi connectivity index (χ2n) is 5.10. The molecule has 0 atom stereocenters. The van der Waals surface area contributed by atoms with Gasteiger partial charge < -0.3 is 0 Å². The summed E-state index contributed by atoms with van der Waals surface area (Å²) in [6, 6.07) is 10.7. The molecule has 0 saturated carbocycles. The molecule has 3 nitrogen and oxygen atoms in total. The lowest BCUT2D eigenvalue weighted by Gasteiger charge is -2.22. The molecule has 0 radical (unpaired) electrons. The quantitative estimate of drug-likeness (QED) is 0.814. The number of hydrogen-bond acceptors (Lipinski definition) is 2. The summed E-state index contributed by atoms with van der Waals surface area (Å²) in [6.45, 7) is 5.79. The van der Waals surface area contributed by atoms with Gasteiger partial charge >= 0.3 is 0 Å². The first-order valence-corrected chi connectivity index (χ1v) is 8.79. The fourth-order valence-electron chi connectivity index (χ4n) is 2.14. The predicted molar refractivity (Wildman–Crippen MR) is 90.4 cm³/mol. The summed E-state index contributed by atoms with van der Waals surface area (Å²) in [7, 11) is -1.97. The van der Waals surface area contributed by atoms with Crippen LogP contribution in [0.5, 0.6) is 0 Å². The molecule has 0 spiro atoms. The molecule has 0 unspecified atom stereocenters. The van der Waals surface area contributed by atoms with Crippen molar-refractivity contribution in [3.63, 3.8) is 0 Å². The number of hydrogen-bond donors (Lipinski definition) is 0. The number of anilines is 1. The van der Waals surface area contributed by atoms with E-state index in [1.807, 2.05) is 39.0 Å². The Hall–Kier alpha value is -1.33. The van der Waals surface area contributed by atoms with Crippen LogP contribution in [-0.4, -0.2) is 15.5 Å². The summed E-state index contributed by atoms with van der Waals surface area (Å²) >= 11 is 3.39. The minimum Gasteiger partial charge on any atom is -0.269 e. The van der Waals surface area contributed by atoms with Crippen LogP contribution in [-0.2, 0) is 10.0 Å². The van der Waals surface area contributed by atoms with Crippen molar-refractivity contribution < 1.29 is 8.42 Å². The minimum atomic E-state index is -3.56. The molecule has 0 amide bonds. The van der Waals surface area contributed by atoms with E-state index in [1.54, 1.807) is 25.2 Å². The highest BCUT2D eigenvalue weighted by atomic mass is 79.9. The number of halogens is 1. The Morgan fingerprint density at radius 3 is 2.29 bits per heavy atom. The Morgan fingerprint density at radius 1 is 1.00 bits per heavy atom. The van der Waals surface area contributed by atoms with Crippen LogP contribution >= 0.6 is 15.9 Å². The third-order valence-electron chi connectivity index (χ3n) is 3.70. The Morgan fingerprint density at radius 2 is 1.67 bits per heavy atom. The van der Waals surface area contributed by atoms with Crippen LogP contribution in [0.25, 0.3) is 0 Å². The number of aryl methyl sites for hydroxylation is 2. The second-order valence-corrected chi connectivity index (χ2v) is 7.93. The van der Waals surface area contributed by atoms with E-state index >= 15 is 0 Å². The van der Waals surface area contributed by atoms with Crippen LogP contribution in [0.3, 0.4) is 0 Å². The van der Waals surface area contributed by atoms with Gasteiger partial charge in [-0.05, 0) is 61.7 Å². The summed E-state index contributed by atoms with van der Waals surface area (Å²) in [4.78, 5) is 0.298. The van der Waals surface area contributed by atoms with Gasteiger partial charge in [0, 0.05) is 11.5 Å². The van der Waals surface area contributed by atoms with Crippen molar-refractivity contribution in [2.24, 2.45) is 0 Å². The summed E-state index contributed by atoms with van der Waals surface area (Å²) in [5.41, 5.74) is 3.64. The van der Waals surface area contributed by atoms with Crippen molar-refractivity contribution in [2.75, 3.05) is 11.4 Å². The third kappa shape index (κ3) is 2.99. The number of sulfonamides is 1. The van der Waals surface area contributed by atoms with Gasteiger partial charge in [-0.2, -0.15) is 0 Å². The third-order valence-corrected chi connectivity index (χ3v) is 6.36. The van der Waals surface area contributed by atoms with Gasteiger partial charge in [0.2, 0.25) is 0 Å². The Bertz CT molecular complexity index is 785. The topological polar surface area (TPSA) is 37.4 Å². The highest BCUT2D eigenvalue weighted by molar-refractivity contribution is 9.10. The van der Waals surface area contributed by atoms with E-state index in [2.05, 4.69) is 15.9 Å². The lowest BCUT2D eigenvalue weighted by molar-refractivity contribution is 0.594. The van der Waals surface area contributed by atoms with Crippen molar-refractivity contribution in [1.82, 2.24) is 0 Å². The van der Waals surface area contributed by atoms with Crippen LogP contribution < -0.4 is 4.31 Å². The maximum Gasteiger partial charge on any atom is 0.264 e. The summed E-state index contributed by atoms with van der Waals surface area (Å²) in [5, 5.41) is 0. The first kappa shape index (κ1) is 16.0. The Labute approximate surface area is 134 Å². The Kier molecular flexibility index (Phi) is 4.44. The smallest absolute Gasteiger partial charge is 0.264 e. The number of benzene rings is 2. The summed E-state index contributed by atoms with van der Waals surface area (Å²) in [5.74, 6) is 0. The van der Waals surface area contributed by atoms with E-state index in [-0.39, 0.29) is 0 Å².